The van der Waals surface area contributed by atoms with Crippen LogP contribution in [0.1, 0.15) is 63.9 Å². The molecule has 6 amide bonds. The first-order valence-corrected chi connectivity index (χ1v) is 16.0. The molecule has 0 aliphatic carbocycles. The van der Waals surface area contributed by atoms with Crippen LogP contribution < -0.4 is 43.4 Å². The summed E-state index contributed by atoms with van der Waals surface area (Å²) in [6.07, 6.45) is 1.63. The summed E-state index contributed by atoms with van der Waals surface area (Å²) < 4.78 is 0. The average molecular weight is 674 g/mol. The lowest BCUT2D eigenvalue weighted by atomic mass is 10.0. The number of carboxylic acid groups (broad SMARTS) is 1. The fourth-order valence-corrected chi connectivity index (χ4v) is 4.85. The minimum Gasteiger partial charge on any atom is -0.481 e. The van der Waals surface area contributed by atoms with Gasteiger partial charge < -0.3 is 48.5 Å². The van der Waals surface area contributed by atoms with E-state index in [1.54, 1.807) is 30.3 Å². The Morgan fingerprint density at radius 2 is 1.44 bits per heavy atom. The first-order chi connectivity index (χ1) is 22.9. The number of nitrogens with two attached hydrogens (primary N) is 2. The SMILES string of the molecule is CCCC(=O)NCCCCC1NC(=O)C(Cc2ccccc2)NC(=O)C(CC(=O)O)NC(=O)CNC(=O)C(CCCN=C(N)N)NC1=O. The minimum atomic E-state index is -1.57. The van der Waals surface area contributed by atoms with Crippen LogP contribution in [0.3, 0.4) is 0 Å². The number of nitrogens with zero attached hydrogens (tertiary/aromatic N) is 1. The molecule has 1 fully saturated rings. The third kappa shape index (κ3) is 14.9. The highest BCUT2D eigenvalue weighted by Crippen LogP contribution is 2.09. The van der Waals surface area contributed by atoms with Crippen molar-refractivity contribution in [2.24, 2.45) is 16.5 Å². The molecule has 1 aliphatic heterocycles. The molecule has 1 aromatic rings. The number of aliphatic carboxylic acids is 1. The van der Waals surface area contributed by atoms with Crippen molar-refractivity contribution in [3.05, 3.63) is 35.9 Å². The predicted molar refractivity (Wildman–Crippen MR) is 175 cm³/mol. The number of carbonyl (C=O) groups is 7. The topological polar surface area (TPSA) is 276 Å². The second kappa shape index (κ2) is 20.8. The van der Waals surface area contributed by atoms with Crippen molar-refractivity contribution in [3.63, 3.8) is 0 Å². The zero-order valence-corrected chi connectivity index (χ0v) is 27.1. The first-order valence-electron chi connectivity index (χ1n) is 16.0. The molecule has 2 rings (SSSR count). The highest BCUT2D eigenvalue weighted by molar-refractivity contribution is 5.98. The molecule has 1 saturated heterocycles. The van der Waals surface area contributed by atoms with Crippen molar-refractivity contribution < 1.29 is 38.7 Å². The van der Waals surface area contributed by atoms with E-state index < -0.39 is 72.6 Å². The van der Waals surface area contributed by atoms with E-state index in [2.05, 4.69) is 36.9 Å². The number of aliphatic imine (C=N–C) groups is 1. The molecule has 1 aromatic carbocycles. The normalized spacial score (nSPS) is 20.8. The highest BCUT2D eigenvalue weighted by Gasteiger charge is 2.33. The molecule has 1 heterocycles. The molecule has 0 spiro atoms. The average Bonchev–Trinajstić information content (AvgIpc) is 3.03. The largest absolute Gasteiger partial charge is 0.481 e. The van der Waals surface area contributed by atoms with Gasteiger partial charge in [0.25, 0.3) is 0 Å². The summed E-state index contributed by atoms with van der Waals surface area (Å²) in [5.74, 6) is -5.60. The second-order valence-electron chi connectivity index (χ2n) is 11.4. The van der Waals surface area contributed by atoms with Crippen LogP contribution >= 0.6 is 0 Å². The van der Waals surface area contributed by atoms with Gasteiger partial charge in [-0.1, -0.05) is 37.3 Å². The maximum absolute atomic E-state index is 13.7. The Morgan fingerprint density at radius 1 is 0.833 bits per heavy atom. The molecule has 4 unspecified atom stereocenters. The van der Waals surface area contributed by atoms with Crippen molar-refractivity contribution in [3.8, 4) is 0 Å². The van der Waals surface area contributed by atoms with Crippen molar-refractivity contribution in [2.75, 3.05) is 19.6 Å². The minimum absolute atomic E-state index is 0.0165. The van der Waals surface area contributed by atoms with E-state index in [0.29, 0.717) is 37.8 Å². The van der Waals surface area contributed by atoms with Gasteiger partial charge in [0.15, 0.2) is 5.96 Å². The van der Waals surface area contributed by atoms with Gasteiger partial charge in [-0.05, 0) is 44.1 Å². The van der Waals surface area contributed by atoms with E-state index in [1.165, 1.54) is 0 Å². The van der Waals surface area contributed by atoms with E-state index in [-0.39, 0.29) is 44.1 Å². The number of unbranched alkanes of at least 4 members (excludes halogenated alkanes) is 1. The van der Waals surface area contributed by atoms with Crippen molar-refractivity contribution in [1.29, 1.82) is 0 Å². The summed E-state index contributed by atoms with van der Waals surface area (Å²) in [7, 11) is 0. The van der Waals surface area contributed by atoms with E-state index >= 15 is 0 Å². The fourth-order valence-electron chi connectivity index (χ4n) is 4.85. The van der Waals surface area contributed by atoms with Crippen LogP contribution in [-0.4, -0.2) is 96.3 Å². The van der Waals surface area contributed by atoms with Crippen molar-refractivity contribution in [2.45, 2.75) is 88.9 Å². The van der Waals surface area contributed by atoms with Crippen LogP contribution in [0.15, 0.2) is 35.3 Å². The number of nitrogens with one attached hydrogen (secondary N) is 6. The Balaban J connectivity index is 2.41. The van der Waals surface area contributed by atoms with E-state index in [4.69, 9.17) is 11.5 Å². The number of carbonyl (C=O) groups excluding carboxylic acids is 6. The van der Waals surface area contributed by atoms with Crippen molar-refractivity contribution >= 4 is 47.4 Å². The summed E-state index contributed by atoms with van der Waals surface area (Å²) in [6.45, 7) is 1.77. The fraction of sp³-hybridized carbons (Fsp3) is 0.548. The zero-order valence-electron chi connectivity index (χ0n) is 27.1. The Hall–Kier alpha value is -5.22. The van der Waals surface area contributed by atoms with Gasteiger partial charge in [-0.2, -0.15) is 0 Å². The number of guanidine groups is 1. The summed E-state index contributed by atoms with van der Waals surface area (Å²) in [4.78, 5) is 93.8. The quantitative estimate of drug-likeness (QED) is 0.0556. The lowest BCUT2D eigenvalue weighted by Gasteiger charge is -2.26. The third-order valence-corrected chi connectivity index (χ3v) is 7.30. The second-order valence-corrected chi connectivity index (χ2v) is 11.4. The Bertz CT molecular complexity index is 1300. The van der Waals surface area contributed by atoms with Gasteiger partial charge >= 0.3 is 5.97 Å². The molecule has 1 aliphatic rings. The molecular formula is C31H47N9O8. The molecule has 0 radical (unpaired) electrons. The molecule has 0 bridgehead atoms. The van der Waals surface area contributed by atoms with E-state index in [1.807, 2.05) is 6.92 Å². The maximum Gasteiger partial charge on any atom is 0.305 e. The Labute approximate surface area is 278 Å². The number of hydrogen-bond acceptors (Lipinski definition) is 8. The number of benzene rings is 1. The predicted octanol–water partition coefficient (Wildman–Crippen LogP) is -2.09. The molecule has 17 nitrogen and oxygen atoms in total. The zero-order chi connectivity index (χ0) is 35.5. The van der Waals surface area contributed by atoms with Gasteiger partial charge in [0, 0.05) is 25.9 Å². The van der Waals surface area contributed by atoms with Crippen LogP contribution in [-0.2, 0) is 40.0 Å². The number of hydrogen-bond donors (Lipinski definition) is 9. The summed E-state index contributed by atoms with van der Waals surface area (Å²) in [6, 6.07) is 3.54. The lowest BCUT2D eigenvalue weighted by Crippen LogP contribution is -2.58. The lowest BCUT2D eigenvalue weighted by molar-refractivity contribution is -0.141. The van der Waals surface area contributed by atoms with Gasteiger partial charge in [-0.3, -0.25) is 38.6 Å². The molecule has 17 heteroatoms. The van der Waals surface area contributed by atoms with Gasteiger partial charge in [-0.25, -0.2) is 0 Å². The van der Waals surface area contributed by atoms with Gasteiger partial charge in [-0.15, -0.1) is 0 Å². The van der Waals surface area contributed by atoms with Gasteiger partial charge in [0.05, 0.1) is 13.0 Å². The maximum atomic E-state index is 13.7. The number of rotatable bonds is 15. The number of carboxylic acids is 1. The third-order valence-electron chi connectivity index (χ3n) is 7.30. The van der Waals surface area contributed by atoms with Crippen molar-refractivity contribution in [1.82, 2.24) is 31.9 Å². The summed E-state index contributed by atoms with van der Waals surface area (Å²) in [5.41, 5.74) is 11.4. The van der Waals surface area contributed by atoms with Gasteiger partial charge in [0.2, 0.25) is 35.4 Å². The van der Waals surface area contributed by atoms with Crippen LogP contribution in [0.2, 0.25) is 0 Å². The number of amides is 6. The van der Waals surface area contributed by atoms with Crippen LogP contribution in [0.4, 0.5) is 0 Å². The molecule has 0 aromatic heterocycles. The van der Waals surface area contributed by atoms with Crippen LogP contribution in [0.5, 0.6) is 0 Å². The summed E-state index contributed by atoms with van der Waals surface area (Å²) >= 11 is 0. The smallest absolute Gasteiger partial charge is 0.305 e. The molecular weight excluding hydrogens is 626 g/mol. The molecule has 264 valence electrons. The Kier molecular flexibility index (Phi) is 16.9. The highest BCUT2D eigenvalue weighted by atomic mass is 16.4. The molecule has 11 N–H and O–H groups in total. The molecule has 4 atom stereocenters. The Morgan fingerprint density at radius 3 is 2.08 bits per heavy atom. The molecule has 0 saturated carbocycles. The van der Waals surface area contributed by atoms with Crippen LogP contribution in [0.25, 0.3) is 0 Å². The monoisotopic (exact) mass is 673 g/mol. The van der Waals surface area contributed by atoms with E-state index in [9.17, 15) is 38.7 Å². The standard InChI is InChI=1S/C31H47N9O8/c1-2-9-24(41)34-14-7-6-12-21-28(46)38-20(13-8-15-35-31(32)33)27(45)36-18-25(42)37-23(17-26(43)44)30(48)40-22(29(47)39-21)16-19-10-4-3-5-11-19/h3-5,10-11,20-23H,2,6-9,12-18H2,1H3,(H,34,41)(H,36,45)(H,37,42)(H,38,46)(H,39,47)(H,40,48)(H,43,44)(H4,32,33,35). The van der Waals surface area contributed by atoms with E-state index in [0.717, 1.165) is 0 Å². The first kappa shape index (κ1) is 39.0. The molecule has 48 heavy (non-hydrogen) atoms. The van der Waals surface area contributed by atoms with Gasteiger partial charge in [0.1, 0.15) is 24.2 Å². The van der Waals surface area contributed by atoms with Crippen LogP contribution in [0, 0.1) is 0 Å². The summed E-state index contributed by atoms with van der Waals surface area (Å²) in [5, 5.41) is 24.8.